The summed E-state index contributed by atoms with van der Waals surface area (Å²) in [6.45, 7) is 1.66. The molecule has 1 heterocycles. The van der Waals surface area contributed by atoms with E-state index in [1.165, 1.54) is 12.5 Å². The molecule has 19 heavy (non-hydrogen) atoms. The summed E-state index contributed by atoms with van der Waals surface area (Å²) in [5, 5.41) is 13.5. The van der Waals surface area contributed by atoms with Crippen LogP contribution in [0.25, 0.3) is 0 Å². The SMILES string of the molecule is C[C@@](O)(CNC(=O)c1ccoc1)c1ccccc1Cl. The summed E-state index contributed by atoms with van der Waals surface area (Å²) in [6, 6.07) is 8.55. The minimum atomic E-state index is -1.24. The monoisotopic (exact) mass is 279 g/mol. The Morgan fingerprint density at radius 1 is 1.42 bits per heavy atom. The Bertz CT molecular complexity index is 564. The highest BCUT2D eigenvalue weighted by Crippen LogP contribution is 2.27. The lowest BCUT2D eigenvalue weighted by Crippen LogP contribution is -2.38. The fourth-order valence-corrected chi connectivity index (χ4v) is 2.08. The molecule has 0 radical (unpaired) electrons. The van der Waals surface area contributed by atoms with E-state index in [1.54, 1.807) is 37.3 Å². The molecule has 4 nitrogen and oxygen atoms in total. The van der Waals surface area contributed by atoms with Crippen molar-refractivity contribution in [2.45, 2.75) is 12.5 Å². The van der Waals surface area contributed by atoms with E-state index < -0.39 is 5.60 Å². The van der Waals surface area contributed by atoms with Crippen LogP contribution in [0.4, 0.5) is 0 Å². The van der Waals surface area contributed by atoms with Crippen LogP contribution >= 0.6 is 11.6 Å². The summed E-state index contributed by atoms with van der Waals surface area (Å²) >= 11 is 6.04. The molecule has 0 fully saturated rings. The van der Waals surface area contributed by atoms with E-state index in [2.05, 4.69) is 5.32 Å². The second-order valence-corrected chi connectivity index (χ2v) is 4.86. The Morgan fingerprint density at radius 2 is 2.16 bits per heavy atom. The number of carbonyl (C=O) groups is 1. The van der Waals surface area contributed by atoms with E-state index in [9.17, 15) is 9.90 Å². The Morgan fingerprint density at radius 3 is 2.79 bits per heavy atom. The number of benzene rings is 1. The zero-order valence-electron chi connectivity index (χ0n) is 10.4. The average molecular weight is 280 g/mol. The van der Waals surface area contributed by atoms with Gasteiger partial charge in [0.2, 0.25) is 0 Å². The third-order valence-corrected chi connectivity index (χ3v) is 3.16. The van der Waals surface area contributed by atoms with Gasteiger partial charge in [-0.2, -0.15) is 0 Å². The number of carbonyl (C=O) groups excluding carboxylic acids is 1. The summed E-state index contributed by atoms with van der Waals surface area (Å²) < 4.78 is 4.83. The van der Waals surface area contributed by atoms with Crippen molar-refractivity contribution in [1.82, 2.24) is 5.32 Å². The van der Waals surface area contributed by atoms with Gasteiger partial charge in [-0.05, 0) is 19.1 Å². The number of hydrogen-bond acceptors (Lipinski definition) is 3. The smallest absolute Gasteiger partial charge is 0.254 e. The standard InChI is InChI=1S/C14H14ClNO3/c1-14(18,11-4-2-3-5-12(11)15)9-16-13(17)10-6-7-19-8-10/h2-8,18H,9H2,1H3,(H,16,17)/t14-/m1/s1. The van der Waals surface area contributed by atoms with Gasteiger partial charge in [0, 0.05) is 10.6 Å². The fraction of sp³-hybridized carbons (Fsp3) is 0.214. The van der Waals surface area contributed by atoms with Crippen molar-refractivity contribution in [1.29, 1.82) is 0 Å². The van der Waals surface area contributed by atoms with Gasteiger partial charge in [-0.1, -0.05) is 29.8 Å². The topological polar surface area (TPSA) is 62.5 Å². The van der Waals surface area contributed by atoms with Crippen LogP contribution in [0, 0.1) is 0 Å². The van der Waals surface area contributed by atoms with Gasteiger partial charge in [0.1, 0.15) is 11.9 Å². The van der Waals surface area contributed by atoms with Crippen LogP contribution in [0.1, 0.15) is 22.8 Å². The molecular formula is C14H14ClNO3. The molecule has 0 aliphatic carbocycles. The van der Waals surface area contributed by atoms with Crippen molar-refractivity contribution in [2.75, 3.05) is 6.54 Å². The van der Waals surface area contributed by atoms with Crippen LogP contribution in [0.5, 0.6) is 0 Å². The minimum absolute atomic E-state index is 0.0563. The number of nitrogens with one attached hydrogen (secondary N) is 1. The van der Waals surface area contributed by atoms with Crippen molar-refractivity contribution in [3.63, 3.8) is 0 Å². The maximum atomic E-state index is 11.8. The van der Waals surface area contributed by atoms with Gasteiger partial charge in [0.25, 0.3) is 5.91 Å². The molecule has 0 spiro atoms. The number of halogens is 1. The molecule has 2 N–H and O–H groups in total. The van der Waals surface area contributed by atoms with E-state index in [0.717, 1.165) is 0 Å². The molecule has 2 aromatic rings. The first-order chi connectivity index (χ1) is 9.00. The molecule has 0 unspecified atom stereocenters. The molecule has 0 bridgehead atoms. The van der Waals surface area contributed by atoms with E-state index in [1.807, 2.05) is 0 Å². The van der Waals surface area contributed by atoms with Crippen LogP contribution in [0.15, 0.2) is 47.3 Å². The molecule has 0 saturated heterocycles. The molecule has 0 aliphatic rings. The molecule has 0 aliphatic heterocycles. The highest BCUT2D eigenvalue weighted by atomic mass is 35.5. The van der Waals surface area contributed by atoms with E-state index in [-0.39, 0.29) is 12.5 Å². The van der Waals surface area contributed by atoms with Crippen molar-refractivity contribution in [2.24, 2.45) is 0 Å². The maximum absolute atomic E-state index is 11.8. The molecule has 1 aromatic heterocycles. The second kappa shape index (κ2) is 5.47. The summed E-state index contributed by atoms with van der Waals surface area (Å²) in [4.78, 5) is 11.8. The van der Waals surface area contributed by atoms with Crippen molar-refractivity contribution < 1.29 is 14.3 Å². The molecule has 1 amide bonds. The van der Waals surface area contributed by atoms with Crippen LogP contribution < -0.4 is 5.32 Å². The first kappa shape index (κ1) is 13.6. The quantitative estimate of drug-likeness (QED) is 0.904. The maximum Gasteiger partial charge on any atom is 0.254 e. The highest BCUT2D eigenvalue weighted by Gasteiger charge is 2.26. The van der Waals surface area contributed by atoms with Gasteiger partial charge in [0.15, 0.2) is 0 Å². The van der Waals surface area contributed by atoms with Crippen molar-refractivity contribution >= 4 is 17.5 Å². The Balaban J connectivity index is 2.06. The van der Waals surface area contributed by atoms with E-state index in [0.29, 0.717) is 16.1 Å². The predicted molar refractivity (Wildman–Crippen MR) is 72.1 cm³/mol. The third kappa shape index (κ3) is 3.16. The van der Waals surface area contributed by atoms with Crippen molar-refractivity contribution in [3.05, 3.63) is 59.0 Å². The van der Waals surface area contributed by atoms with Crippen LogP contribution in [0.3, 0.4) is 0 Å². The van der Waals surface area contributed by atoms with Gasteiger partial charge < -0.3 is 14.8 Å². The lowest BCUT2D eigenvalue weighted by atomic mass is 9.96. The zero-order valence-corrected chi connectivity index (χ0v) is 11.1. The highest BCUT2D eigenvalue weighted by molar-refractivity contribution is 6.31. The summed E-state index contributed by atoms with van der Waals surface area (Å²) in [5.41, 5.74) is -0.253. The van der Waals surface area contributed by atoms with Gasteiger partial charge >= 0.3 is 0 Å². The predicted octanol–water partition coefficient (Wildman–Crippen LogP) is 2.57. The van der Waals surface area contributed by atoms with E-state index in [4.69, 9.17) is 16.0 Å². The van der Waals surface area contributed by atoms with Crippen LogP contribution in [0.2, 0.25) is 5.02 Å². The Kier molecular flexibility index (Phi) is 3.93. The normalized spacial score (nSPS) is 13.8. The number of amides is 1. The summed E-state index contributed by atoms with van der Waals surface area (Å²) in [6.07, 6.45) is 2.76. The van der Waals surface area contributed by atoms with Crippen molar-refractivity contribution in [3.8, 4) is 0 Å². The fourth-order valence-electron chi connectivity index (χ4n) is 1.74. The number of hydrogen-bond donors (Lipinski definition) is 2. The number of furan rings is 1. The first-order valence-corrected chi connectivity index (χ1v) is 6.16. The third-order valence-electron chi connectivity index (χ3n) is 2.83. The number of rotatable bonds is 4. The van der Waals surface area contributed by atoms with Crippen LogP contribution in [-0.4, -0.2) is 17.6 Å². The Hall–Kier alpha value is -1.78. The van der Waals surface area contributed by atoms with Gasteiger partial charge in [-0.25, -0.2) is 0 Å². The minimum Gasteiger partial charge on any atom is -0.472 e. The van der Waals surface area contributed by atoms with Gasteiger partial charge in [-0.3, -0.25) is 4.79 Å². The first-order valence-electron chi connectivity index (χ1n) is 5.78. The molecule has 5 heteroatoms. The molecule has 2 rings (SSSR count). The molecule has 1 atom stereocenters. The number of aliphatic hydroxyl groups is 1. The summed E-state index contributed by atoms with van der Waals surface area (Å²) in [7, 11) is 0. The molecular weight excluding hydrogens is 266 g/mol. The lowest BCUT2D eigenvalue weighted by molar-refractivity contribution is 0.0527. The molecule has 0 saturated carbocycles. The summed E-state index contributed by atoms with van der Waals surface area (Å²) in [5.74, 6) is -0.305. The van der Waals surface area contributed by atoms with Gasteiger partial charge in [0.05, 0.1) is 18.4 Å². The molecule has 1 aromatic carbocycles. The largest absolute Gasteiger partial charge is 0.472 e. The Labute approximate surface area is 116 Å². The lowest BCUT2D eigenvalue weighted by Gasteiger charge is -2.25. The second-order valence-electron chi connectivity index (χ2n) is 4.45. The average Bonchev–Trinajstić information content (AvgIpc) is 2.90. The van der Waals surface area contributed by atoms with Crippen LogP contribution in [-0.2, 0) is 5.60 Å². The zero-order chi connectivity index (χ0) is 13.9. The molecule has 100 valence electrons. The van der Waals surface area contributed by atoms with Gasteiger partial charge in [-0.15, -0.1) is 0 Å². The van der Waals surface area contributed by atoms with E-state index >= 15 is 0 Å².